The van der Waals surface area contributed by atoms with Gasteiger partial charge in [-0.3, -0.25) is 0 Å². The van der Waals surface area contributed by atoms with E-state index < -0.39 is 21.3 Å². The van der Waals surface area contributed by atoms with Gasteiger partial charge >= 0.3 is 16.5 Å². The van der Waals surface area contributed by atoms with Gasteiger partial charge in [-0.2, -0.15) is 0 Å². The third-order valence-corrected chi connectivity index (χ3v) is 1.67. The van der Waals surface area contributed by atoms with Crippen LogP contribution >= 0.6 is 39.7 Å². The van der Waals surface area contributed by atoms with E-state index in [2.05, 4.69) is 4.31 Å². The van der Waals surface area contributed by atoms with Crippen LogP contribution in [0.2, 0.25) is 0 Å². The van der Waals surface area contributed by atoms with Crippen LogP contribution in [-0.4, -0.2) is 26.3 Å². The Labute approximate surface area is 80.0 Å². The Morgan fingerprint density at radius 3 is 1.50 bits per heavy atom. The second-order valence-corrected chi connectivity index (χ2v) is 4.01. The van der Waals surface area contributed by atoms with Crippen molar-refractivity contribution < 1.29 is 28.3 Å². The molecule has 0 aromatic heterocycles. The third-order valence-electron chi connectivity index (χ3n) is 0.278. The van der Waals surface area contributed by atoms with Crippen molar-refractivity contribution in [1.29, 1.82) is 0 Å². The lowest BCUT2D eigenvalue weighted by Crippen LogP contribution is -1.90. The Bertz CT molecular complexity index is 138. The summed E-state index contributed by atoms with van der Waals surface area (Å²) in [5.41, 5.74) is 0. The molecule has 0 aliphatic carbocycles. The second kappa shape index (κ2) is 9.71. The molecule has 0 saturated heterocycles. The maximum atomic E-state index is 9.39. The zero-order valence-corrected chi connectivity index (χ0v) is 8.80. The van der Waals surface area contributed by atoms with Crippen molar-refractivity contribution >= 4 is 39.7 Å². The fraction of sp³-hybridized carbons (Fsp3) is 1.00. The molecule has 72 valence electrons. The van der Waals surface area contributed by atoms with Gasteiger partial charge in [-0.1, -0.05) is 0 Å². The predicted octanol–water partition coefficient (Wildman–Crippen LogP) is 1.08. The number of hydrogen-bond acceptors (Lipinski definition) is 4. The van der Waals surface area contributed by atoms with Crippen molar-refractivity contribution in [3.8, 4) is 0 Å². The summed E-state index contributed by atoms with van der Waals surface area (Å²) in [6.07, 6.45) is 0. The zero-order chi connectivity index (χ0) is 10.1. The highest BCUT2D eigenvalue weighted by Gasteiger charge is 2.31. The second-order valence-electron chi connectivity index (χ2n) is 1.13. The van der Waals surface area contributed by atoms with Crippen LogP contribution in [0.25, 0.3) is 0 Å². The number of alkyl halides is 2. The van der Waals surface area contributed by atoms with Gasteiger partial charge in [0.05, 0.1) is 6.61 Å². The molecule has 0 amide bonds. The van der Waals surface area contributed by atoms with E-state index in [0.29, 0.717) is 0 Å². The van der Waals surface area contributed by atoms with E-state index in [-0.39, 0.29) is 6.61 Å². The molecule has 0 fully saturated rings. The highest BCUT2D eigenvalue weighted by Crippen LogP contribution is 2.30. The summed E-state index contributed by atoms with van der Waals surface area (Å²) < 4.78 is 22.2. The first-order valence-corrected chi connectivity index (χ1v) is 5.42. The molecule has 0 saturated carbocycles. The molecular weight excluding hydrogens is 253 g/mol. The summed E-state index contributed by atoms with van der Waals surface area (Å²) in [5, 5.41) is 7.88. The monoisotopic (exact) mass is 258 g/mol. The summed E-state index contributed by atoms with van der Waals surface area (Å²) in [5.74, 6) is 0. The molecule has 2 unspecified atom stereocenters. The summed E-state index contributed by atoms with van der Waals surface area (Å²) in [6, 6.07) is 0. The van der Waals surface area contributed by atoms with Gasteiger partial charge in [0, 0.05) is 9.13 Å². The first-order valence-electron chi connectivity index (χ1n) is 2.29. The molecule has 0 aliphatic rings. The Morgan fingerprint density at radius 2 is 1.50 bits per heavy atom. The van der Waals surface area contributed by atoms with Gasteiger partial charge in [0.1, 0.15) is 4.84 Å². The number of hydrogen-bond donors (Lipinski definition) is 3. The molecule has 0 aromatic carbocycles. The van der Waals surface area contributed by atoms with Crippen LogP contribution in [0.3, 0.4) is 0 Å². The zero-order valence-electron chi connectivity index (χ0n) is 5.50. The van der Waals surface area contributed by atoms with Crippen molar-refractivity contribution in [1.82, 2.24) is 0 Å². The summed E-state index contributed by atoms with van der Waals surface area (Å²) in [7, 11) is -5.85. The van der Waals surface area contributed by atoms with Crippen LogP contribution < -0.4 is 0 Å². The SMILES string of the molecule is O=[P+](O)O[P+](=O)O.OCC(Cl)Cl. The minimum Gasteiger partial charge on any atom is -0.394 e. The molecule has 0 aromatic rings. The van der Waals surface area contributed by atoms with Crippen molar-refractivity contribution in [2.24, 2.45) is 0 Å². The highest BCUT2D eigenvalue weighted by molar-refractivity contribution is 7.46. The smallest absolute Gasteiger partial charge is 0.394 e. The molecule has 3 N–H and O–H groups in total. The van der Waals surface area contributed by atoms with Crippen LogP contribution in [0.5, 0.6) is 0 Å². The molecule has 0 bridgehead atoms. The minimum absolute atomic E-state index is 0.164. The lowest BCUT2D eigenvalue weighted by molar-refractivity contribution is 0.313. The molecule has 0 radical (unpaired) electrons. The maximum absolute atomic E-state index is 9.39. The summed E-state index contributed by atoms with van der Waals surface area (Å²) in [6.45, 7) is -0.164. The van der Waals surface area contributed by atoms with Gasteiger partial charge in [-0.05, 0) is 0 Å². The molecule has 0 aliphatic heterocycles. The molecule has 0 spiro atoms. The van der Waals surface area contributed by atoms with E-state index in [4.69, 9.17) is 38.1 Å². The quantitative estimate of drug-likeness (QED) is 0.517. The normalized spacial score (nSPS) is 11.8. The lowest BCUT2D eigenvalue weighted by atomic mass is 10.9. The van der Waals surface area contributed by atoms with Crippen molar-refractivity contribution in [2.75, 3.05) is 6.61 Å². The number of aliphatic hydroxyl groups excluding tert-OH is 1. The van der Waals surface area contributed by atoms with Gasteiger partial charge < -0.3 is 5.11 Å². The Kier molecular flexibility index (Phi) is 12.2. The van der Waals surface area contributed by atoms with E-state index in [1.54, 1.807) is 0 Å². The number of halogens is 2. The first-order chi connectivity index (χ1) is 5.40. The fourth-order valence-electron chi connectivity index (χ4n) is 0.0598. The van der Waals surface area contributed by atoms with Crippen LogP contribution in [0, 0.1) is 0 Å². The molecular formula is C2H6Cl2O6P2+2. The van der Waals surface area contributed by atoms with Crippen molar-refractivity contribution in [3.05, 3.63) is 0 Å². The van der Waals surface area contributed by atoms with E-state index in [9.17, 15) is 9.13 Å². The van der Waals surface area contributed by atoms with E-state index in [0.717, 1.165) is 0 Å². The van der Waals surface area contributed by atoms with Gasteiger partial charge in [0.2, 0.25) is 0 Å². The van der Waals surface area contributed by atoms with Crippen LogP contribution in [-0.2, 0) is 13.4 Å². The molecule has 2 atom stereocenters. The Hall–Kier alpha value is 0.620. The largest absolute Gasteiger partial charge is 0.745 e. The van der Waals surface area contributed by atoms with Gasteiger partial charge in [-0.25, -0.2) is 0 Å². The summed E-state index contributed by atoms with van der Waals surface area (Å²) >= 11 is 9.96. The molecule has 0 heterocycles. The van der Waals surface area contributed by atoms with E-state index in [1.165, 1.54) is 0 Å². The van der Waals surface area contributed by atoms with Crippen molar-refractivity contribution in [2.45, 2.75) is 4.84 Å². The standard InChI is InChI=1S/C2H4Cl2O.O5P2/c3-2(4)1-5;1-6(2)5-7(3)4/h2,5H,1H2;/p+2. The Balaban J connectivity index is 0. The van der Waals surface area contributed by atoms with Gasteiger partial charge in [0.15, 0.2) is 4.31 Å². The fourth-order valence-corrected chi connectivity index (χ4v) is 0.538. The summed E-state index contributed by atoms with van der Waals surface area (Å²) in [4.78, 5) is 14.7. The maximum Gasteiger partial charge on any atom is 0.745 e. The first kappa shape index (κ1) is 15.1. The van der Waals surface area contributed by atoms with E-state index in [1.807, 2.05) is 0 Å². The Morgan fingerprint density at radius 1 is 1.25 bits per heavy atom. The van der Waals surface area contributed by atoms with Crippen LogP contribution in [0.4, 0.5) is 0 Å². The molecule has 6 nitrogen and oxygen atoms in total. The topological polar surface area (TPSA) is 104 Å². The molecule has 0 rings (SSSR count). The lowest BCUT2D eigenvalue weighted by Gasteiger charge is -1.84. The van der Waals surface area contributed by atoms with Crippen LogP contribution in [0.1, 0.15) is 0 Å². The van der Waals surface area contributed by atoms with E-state index >= 15 is 0 Å². The average Bonchev–Trinajstić information content (AvgIpc) is 1.85. The molecule has 12 heavy (non-hydrogen) atoms. The minimum atomic E-state index is -2.92. The molecule has 10 heteroatoms. The average molecular weight is 259 g/mol. The van der Waals surface area contributed by atoms with Crippen LogP contribution in [0.15, 0.2) is 0 Å². The van der Waals surface area contributed by atoms with Gasteiger partial charge in [0.25, 0.3) is 0 Å². The highest BCUT2D eigenvalue weighted by atomic mass is 35.5. The number of aliphatic hydroxyl groups is 1. The predicted molar refractivity (Wildman–Crippen MR) is 43.3 cm³/mol. The number of rotatable bonds is 3. The third kappa shape index (κ3) is 22.4. The van der Waals surface area contributed by atoms with Gasteiger partial charge in [-0.15, -0.1) is 33.0 Å². The van der Waals surface area contributed by atoms with Crippen molar-refractivity contribution in [3.63, 3.8) is 0 Å².